The summed E-state index contributed by atoms with van der Waals surface area (Å²) in [5, 5.41) is 25.0. The second kappa shape index (κ2) is 13.3. The lowest BCUT2D eigenvalue weighted by atomic mass is 9.97. The Labute approximate surface area is 258 Å². The first-order valence-corrected chi connectivity index (χ1v) is 14.2. The minimum Gasteiger partial charge on any atom is -0.506 e. The number of nitrogens with one attached hydrogen (secondary N) is 2. The molecule has 0 saturated carbocycles. The van der Waals surface area contributed by atoms with Gasteiger partial charge in [0.15, 0.2) is 5.65 Å². The fraction of sp³-hybridized carbons (Fsp3) is 0.267. The van der Waals surface area contributed by atoms with Crippen molar-refractivity contribution in [2.75, 3.05) is 37.8 Å². The molecule has 0 unspecified atom stereocenters. The summed E-state index contributed by atoms with van der Waals surface area (Å²) < 4.78 is 7.27. The molecule has 0 fully saturated rings. The van der Waals surface area contributed by atoms with Gasteiger partial charge in [-0.15, -0.1) is 0 Å². The van der Waals surface area contributed by atoms with Crippen molar-refractivity contribution in [2.45, 2.75) is 25.9 Å². The molecular weight excluding hydrogens is 578 g/mol. The van der Waals surface area contributed by atoms with Crippen LogP contribution in [0.2, 0.25) is 0 Å². The van der Waals surface area contributed by atoms with E-state index in [1.54, 1.807) is 16.8 Å². The molecule has 15 nitrogen and oxygen atoms in total. The second-order valence-corrected chi connectivity index (χ2v) is 10.5. The summed E-state index contributed by atoms with van der Waals surface area (Å²) in [6.45, 7) is 2.14. The molecule has 0 atom stereocenters. The summed E-state index contributed by atoms with van der Waals surface area (Å²) in [6, 6.07) is 11.0. The van der Waals surface area contributed by atoms with Crippen LogP contribution in [-0.4, -0.2) is 74.1 Å². The maximum Gasteiger partial charge on any atom is 0.256 e. The molecule has 15 heteroatoms. The lowest BCUT2D eigenvalue weighted by Crippen LogP contribution is -2.36. The summed E-state index contributed by atoms with van der Waals surface area (Å²) in [6.07, 6.45) is 3.12. The Kier molecular flexibility index (Phi) is 9.09. The molecule has 45 heavy (non-hydrogen) atoms. The van der Waals surface area contributed by atoms with Crippen molar-refractivity contribution in [1.82, 2.24) is 30.0 Å². The number of nitrogens with two attached hydrogens (primary N) is 4. The van der Waals surface area contributed by atoms with Crippen LogP contribution >= 0.6 is 0 Å². The number of phenolic OH excluding ortho intramolecular Hbond substituents is 1. The number of nitrogens with zero attached hydrogens (tertiary/aromatic N) is 5. The van der Waals surface area contributed by atoms with E-state index in [4.69, 9.17) is 38.2 Å². The normalized spacial score (nSPS) is 12.5. The van der Waals surface area contributed by atoms with Crippen LogP contribution in [0.25, 0.3) is 22.3 Å². The highest BCUT2D eigenvalue weighted by Gasteiger charge is 2.22. The zero-order valence-corrected chi connectivity index (χ0v) is 24.5. The highest BCUT2D eigenvalue weighted by molar-refractivity contribution is 6.11. The third-order valence-corrected chi connectivity index (χ3v) is 7.52. The molecule has 4 aromatic rings. The fourth-order valence-corrected chi connectivity index (χ4v) is 5.17. The number of nitrogen functional groups attached to an aromatic ring is 2. The molecule has 0 radical (unpaired) electrons. The Morgan fingerprint density at radius 1 is 1.09 bits per heavy atom. The van der Waals surface area contributed by atoms with Crippen molar-refractivity contribution < 1.29 is 19.4 Å². The molecule has 11 N–H and O–H groups in total. The minimum atomic E-state index is -0.555. The number of benzene rings is 2. The Bertz CT molecular complexity index is 1800. The van der Waals surface area contributed by atoms with Gasteiger partial charge in [-0.05, 0) is 41.3 Å². The molecule has 5 rings (SSSR count). The van der Waals surface area contributed by atoms with Gasteiger partial charge in [-0.1, -0.05) is 18.2 Å². The summed E-state index contributed by atoms with van der Waals surface area (Å²) in [4.78, 5) is 35.1. The van der Waals surface area contributed by atoms with Crippen LogP contribution in [0.1, 0.15) is 23.1 Å². The predicted molar refractivity (Wildman–Crippen MR) is 169 cm³/mol. The maximum atomic E-state index is 12.8. The van der Waals surface area contributed by atoms with Crippen LogP contribution in [0.15, 0.2) is 54.1 Å². The number of carbonyl (C=O) groups is 2. The van der Waals surface area contributed by atoms with E-state index >= 15 is 0 Å². The molecule has 1 aliphatic rings. The molecule has 0 spiro atoms. The van der Waals surface area contributed by atoms with E-state index in [1.807, 2.05) is 17.0 Å². The van der Waals surface area contributed by atoms with Crippen LogP contribution in [-0.2, 0) is 33.8 Å². The van der Waals surface area contributed by atoms with E-state index in [0.29, 0.717) is 54.2 Å². The van der Waals surface area contributed by atoms with Gasteiger partial charge in [-0.2, -0.15) is 5.10 Å². The number of fused-ring (bicyclic) bond motifs is 2. The molecule has 0 aliphatic carbocycles. The maximum absolute atomic E-state index is 12.8. The minimum absolute atomic E-state index is 0.0126. The van der Waals surface area contributed by atoms with Gasteiger partial charge in [-0.3, -0.25) is 9.59 Å². The van der Waals surface area contributed by atoms with Gasteiger partial charge in [0.2, 0.25) is 5.91 Å². The van der Waals surface area contributed by atoms with Crippen molar-refractivity contribution in [3.63, 3.8) is 0 Å². The number of hydrogen-bond acceptors (Lipinski definition) is 12. The largest absolute Gasteiger partial charge is 0.506 e. The van der Waals surface area contributed by atoms with Crippen LogP contribution in [0.4, 0.5) is 11.5 Å². The number of aromatic nitrogens is 4. The first-order valence-electron chi connectivity index (χ1n) is 14.2. The fourth-order valence-electron chi connectivity index (χ4n) is 5.17. The number of anilines is 2. The zero-order chi connectivity index (χ0) is 32.1. The number of phenols is 1. The first kappa shape index (κ1) is 30.7. The molecule has 1 aliphatic heterocycles. The molecule has 2 amide bonds. The number of aromatic hydroxyl groups is 1. The predicted octanol–water partition coefficient (Wildman–Crippen LogP) is 0.598. The lowest BCUT2D eigenvalue weighted by molar-refractivity contribution is -0.133. The third-order valence-electron chi connectivity index (χ3n) is 7.52. The number of hydrogen-bond donors (Lipinski definition) is 7. The van der Waals surface area contributed by atoms with Crippen LogP contribution in [0, 0.1) is 5.41 Å². The van der Waals surface area contributed by atoms with Crippen LogP contribution < -0.4 is 28.3 Å². The quantitative estimate of drug-likeness (QED) is 0.0405. The summed E-state index contributed by atoms with van der Waals surface area (Å²) in [7, 11) is 0. The zero-order valence-electron chi connectivity index (χ0n) is 24.5. The van der Waals surface area contributed by atoms with E-state index in [0.717, 1.165) is 22.9 Å². The molecule has 3 heterocycles. The highest BCUT2D eigenvalue weighted by atomic mass is 16.5. The Morgan fingerprint density at radius 3 is 2.67 bits per heavy atom. The summed E-state index contributed by atoms with van der Waals surface area (Å²) in [5.41, 5.74) is 28.1. The van der Waals surface area contributed by atoms with Crippen LogP contribution in [0.5, 0.6) is 5.75 Å². The number of carbonyl (C=O) groups excluding carboxylic acids is 2. The van der Waals surface area contributed by atoms with Crippen molar-refractivity contribution in [3.8, 4) is 17.0 Å². The lowest BCUT2D eigenvalue weighted by Gasteiger charge is -2.29. The van der Waals surface area contributed by atoms with E-state index < -0.39 is 5.91 Å². The topological polar surface area (TPSA) is 250 Å². The molecule has 0 bridgehead atoms. The van der Waals surface area contributed by atoms with Crippen molar-refractivity contribution in [1.29, 1.82) is 5.41 Å². The first-order chi connectivity index (χ1) is 21.7. The average molecular weight is 614 g/mol. The molecule has 234 valence electrons. The van der Waals surface area contributed by atoms with Gasteiger partial charge in [0.05, 0.1) is 42.8 Å². The molecule has 2 aromatic heterocycles. The highest BCUT2D eigenvalue weighted by Crippen LogP contribution is 2.33. The van der Waals surface area contributed by atoms with Crippen molar-refractivity contribution in [3.05, 3.63) is 70.8 Å². The average Bonchev–Trinajstić information content (AvgIpc) is 3.39. The van der Waals surface area contributed by atoms with E-state index in [9.17, 15) is 14.7 Å². The molecular formula is C30H35N11O4. The molecule has 0 saturated heterocycles. The monoisotopic (exact) mass is 613 g/mol. The Balaban J connectivity index is 1.18. The van der Waals surface area contributed by atoms with Gasteiger partial charge in [-0.25, -0.2) is 14.6 Å². The summed E-state index contributed by atoms with van der Waals surface area (Å²) in [5.74, 6) is -0.516. The van der Waals surface area contributed by atoms with Gasteiger partial charge in [0, 0.05) is 31.4 Å². The molecule has 2 aromatic carbocycles. The van der Waals surface area contributed by atoms with Gasteiger partial charge >= 0.3 is 0 Å². The standard InChI is InChI=1S/C30H35N11O4/c31-13-21(27(33)34)30(44)36-7-10-45-9-6-24(43)40-8-5-18-11-17(1-2-20(18)15-40)14-41-29-25(28(35)37-16-38-29)26(39-41)19-3-4-23(42)22(32)12-19/h1-4,11-13,16,31,42H,5-10,14-15,32-34H2,(H,36,44)(H2,35,37,38). The van der Waals surface area contributed by atoms with Gasteiger partial charge in [0.1, 0.15) is 29.4 Å². The van der Waals surface area contributed by atoms with E-state index in [1.165, 1.54) is 12.4 Å². The number of rotatable bonds is 11. The second-order valence-electron chi connectivity index (χ2n) is 10.5. The van der Waals surface area contributed by atoms with Gasteiger partial charge < -0.3 is 48.4 Å². The smallest absolute Gasteiger partial charge is 0.256 e. The van der Waals surface area contributed by atoms with E-state index in [2.05, 4.69) is 21.4 Å². The summed E-state index contributed by atoms with van der Waals surface area (Å²) >= 11 is 0. The third kappa shape index (κ3) is 6.78. The number of amides is 2. The van der Waals surface area contributed by atoms with Crippen molar-refractivity contribution in [2.24, 2.45) is 11.5 Å². The van der Waals surface area contributed by atoms with Gasteiger partial charge in [0.25, 0.3) is 5.91 Å². The number of ether oxygens (including phenoxy) is 1. The van der Waals surface area contributed by atoms with E-state index in [-0.39, 0.29) is 54.9 Å². The van der Waals surface area contributed by atoms with Crippen LogP contribution in [0.3, 0.4) is 0 Å². The van der Waals surface area contributed by atoms with Crippen molar-refractivity contribution >= 4 is 40.6 Å². The SMILES string of the molecule is N=CC(C(=O)NCCOCCC(=O)N1CCc2cc(Cn3nc(-c4ccc(O)c(N)c4)c4c(N)ncnc43)ccc2C1)=C(N)N. The Hall–Kier alpha value is -5.70. The Morgan fingerprint density at radius 2 is 1.91 bits per heavy atom.